The van der Waals surface area contributed by atoms with E-state index in [1.165, 1.54) is 10.8 Å². The first-order valence-corrected chi connectivity index (χ1v) is 7.91. The average molecular weight is 204 g/mol. The Hall–Kier alpha value is -0.863. The highest BCUT2D eigenvalue weighted by atomic mass is 28.4. The molecule has 14 heavy (non-hydrogen) atoms. The molecule has 1 nitrogen and oxygen atoms in total. The van der Waals surface area contributed by atoms with Crippen LogP contribution in [0.15, 0.2) is 42.1 Å². The van der Waals surface area contributed by atoms with E-state index in [2.05, 4.69) is 43.9 Å². The second kappa shape index (κ2) is 3.37. The quantitative estimate of drug-likeness (QED) is 0.637. The molecule has 2 heteroatoms. The monoisotopic (exact) mass is 204 g/mol. The minimum atomic E-state index is -1.58. The molecular weight excluding hydrogens is 188 g/mol. The van der Waals surface area contributed by atoms with E-state index in [1.807, 2.05) is 6.07 Å². The molecule has 0 unspecified atom stereocenters. The number of hydrogen-bond acceptors (Lipinski definition) is 1. The molecule has 0 spiro atoms. The van der Waals surface area contributed by atoms with Crippen molar-refractivity contribution in [3.8, 4) is 0 Å². The highest BCUT2D eigenvalue weighted by Gasteiger charge is 2.38. The lowest BCUT2D eigenvalue weighted by Crippen LogP contribution is -2.26. The van der Waals surface area contributed by atoms with Gasteiger partial charge in [0, 0.05) is 0 Å². The fraction of sp³-hybridized carbons (Fsp3) is 0.333. The molecule has 1 fully saturated rings. The van der Waals surface area contributed by atoms with E-state index in [9.17, 15) is 0 Å². The average Bonchev–Trinajstić information content (AvgIpc) is 2.43. The minimum Gasteiger partial charge on any atom is -0.406 e. The summed E-state index contributed by atoms with van der Waals surface area (Å²) in [5, 5.41) is 1.33. The molecule has 0 radical (unpaired) electrons. The van der Waals surface area contributed by atoms with Crippen molar-refractivity contribution in [3.63, 3.8) is 0 Å². The van der Waals surface area contributed by atoms with Gasteiger partial charge in [-0.15, -0.1) is 6.58 Å². The molecule has 0 aromatic heterocycles. The van der Waals surface area contributed by atoms with Gasteiger partial charge in [0.25, 0.3) is 0 Å². The summed E-state index contributed by atoms with van der Waals surface area (Å²) >= 11 is 0. The van der Waals surface area contributed by atoms with Gasteiger partial charge in [-0.3, -0.25) is 0 Å². The summed E-state index contributed by atoms with van der Waals surface area (Å²) in [7, 11) is -1.58. The van der Waals surface area contributed by atoms with Crippen molar-refractivity contribution in [2.24, 2.45) is 0 Å². The zero-order valence-corrected chi connectivity index (χ0v) is 9.79. The Morgan fingerprint density at radius 1 is 1.29 bits per heavy atom. The summed E-state index contributed by atoms with van der Waals surface area (Å²) in [6.45, 7) is 8.56. The van der Waals surface area contributed by atoms with Crippen molar-refractivity contribution in [1.29, 1.82) is 0 Å². The van der Waals surface area contributed by atoms with Gasteiger partial charge < -0.3 is 4.43 Å². The van der Waals surface area contributed by atoms with Crippen LogP contribution in [0.1, 0.15) is 18.1 Å². The lowest BCUT2D eigenvalue weighted by molar-refractivity contribution is 0.230. The summed E-state index contributed by atoms with van der Waals surface area (Å²) < 4.78 is 6.09. The standard InChI is InChI=1S/C12H16OSi/c1-10-9-12(13-14(10,2)3)11-7-5-4-6-8-11/h4-8,12H,1,9H2,2-3H3/t12-/m0/s1. The van der Waals surface area contributed by atoms with Crippen molar-refractivity contribution >= 4 is 8.32 Å². The second-order valence-electron chi connectivity index (χ2n) is 4.34. The maximum absolute atomic E-state index is 6.09. The summed E-state index contributed by atoms with van der Waals surface area (Å²) in [5.74, 6) is 0. The van der Waals surface area contributed by atoms with Gasteiger partial charge in [-0.1, -0.05) is 35.5 Å². The Bertz CT molecular complexity index is 343. The topological polar surface area (TPSA) is 9.23 Å². The van der Waals surface area contributed by atoms with E-state index in [4.69, 9.17) is 4.43 Å². The first kappa shape index (κ1) is 9.68. The van der Waals surface area contributed by atoms with E-state index in [-0.39, 0.29) is 6.10 Å². The molecule has 1 aromatic rings. The van der Waals surface area contributed by atoms with Crippen LogP contribution in [0, 0.1) is 0 Å². The highest BCUT2D eigenvalue weighted by molar-refractivity contribution is 6.79. The van der Waals surface area contributed by atoms with Gasteiger partial charge in [-0.2, -0.15) is 0 Å². The molecule has 1 atom stereocenters. The van der Waals surface area contributed by atoms with E-state index < -0.39 is 8.32 Å². The van der Waals surface area contributed by atoms with E-state index in [1.54, 1.807) is 0 Å². The van der Waals surface area contributed by atoms with Crippen LogP contribution >= 0.6 is 0 Å². The smallest absolute Gasteiger partial charge is 0.214 e. The van der Waals surface area contributed by atoms with Gasteiger partial charge >= 0.3 is 0 Å². The first-order valence-electron chi connectivity index (χ1n) is 5.00. The summed E-state index contributed by atoms with van der Waals surface area (Å²) in [6, 6.07) is 10.4. The Morgan fingerprint density at radius 2 is 1.93 bits per heavy atom. The molecule has 2 rings (SSSR count). The molecule has 0 aliphatic carbocycles. The summed E-state index contributed by atoms with van der Waals surface area (Å²) in [5.41, 5.74) is 1.28. The maximum atomic E-state index is 6.09. The fourth-order valence-corrected chi connectivity index (χ4v) is 3.58. The van der Waals surface area contributed by atoms with Crippen molar-refractivity contribution in [2.45, 2.75) is 25.6 Å². The molecular formula is C12H16OSi. The Kier molecular flexibility index (Phi) is 2.33. The third kappa shape index (κ3) is 1.68. The van der Waals surface area contributed by atoms with Crippen LogP contribution in [-0.4, -0.2) is 8.32 Å². The van der Waals surface area contributed by atoms with Crippen LogP contribution < -0.4 is 0 Å². The number of benzene rings is 1. The van der Waals surface area contributed by atoms with Gasteiger partial charge in [0.1, 0.15) is 0 Å². The van der Waals surface area contributed by atoms with Crippen molar-refractivity contribution < 1.29 is 4.43 Å². The largest absolute Gasteiger partial charge is 0.406 e. The Labute approximate surface area is 86.5 Å². The van der Waals surface area contributed by atoms with Gasteiger partial charge in [0.2, 0.25) is 8.32 Å². The zero-order chi connectivity index (χ0) is 10.2. The minimum absolute atomic E-state index is 0.255. The normalized spacial score (nSPS) is 25.3. The molecule has 1 heterocycles. The van der Waals surface area contributed by atoms with Gasteiger partial charge in [0.15, 0.2) is 0 Å². The van der Waals surface area contributed by atoms with Gasteiger partial charge in [0.05, 0.1) is 6.10 Å². The molecule has 1 saturated heterocycles. The molecule has 1 aliphatic rings. The lowest BCUT2D eigenvalue weighted by atomic mass is 10.1. The number of rotatable bonds is 1. The van der Waals surface area contributed by atoms with E-state index in [0.717, 1.165) is 6.42 Å². The summed E-state index contributed by atoms with van der Waals surface area (Å²) in [4.78, 5) is 0. The highest BCUT2D eigenvalue weighted by Crippen LogP contribution is 2.39. The fourth-order valence-electron chi connectivity index (χ4n) is 1.80. The van der Waals surface area contributed by atoms with E-state index >= 15 is 0 Å². The van der Waals surface area contributed by atoms with Gasteiger partial charge in [-0.05, 0) is 25.1 Å². The van der Waals surface area contributed by atoms with Crippen LogP contribution in [0.2, 0.25) is 13.1 Å². The summed E-state index contributed by atoms with van der Waals surface area (Å²) in [6.07, 6.45) is 1.26. The predicted molar refractivity (Wildman–Crippen MR) is 61.5 cm³/mol. The van der Waals surface area contributed by atoms with Gasteiger partial charge in [-0.25, -0.2) is 0 Å². The Morgan fingerprint density at radius 3 is 2.43 bits per heavy atom. The predicted octanol–water partition coefficient (Wildman–Crippen LogP) is 3.45. The second-order valence-corrected chi connectivity index (χ2v) is 8.30. The molecule has 0 bridgehead atoms. The Balaban J connectivity index is 2.21. The van der Waals surface area contributed by atoms with Crippen LogP contribution in [0.5, 0.6) is 0 Å². The van der Waals surface area contributed by atoms with E-state index in [0.29, 0.717) is 0 Å². The molecule has 1 aliphatic heterocycles. The van der Waals surface area contributed by atoms with Crippen LogP contribution in [0.4, 0.5) is 0 Å². The van der Waals surface area contributed by atoms with Crippen LogP contribution in [0.25, 0.3) is 0 Å². The SMILES string of the molecule is C=C1C[C@@H](c2ccccc2)O[Si]1(C)C. The number of hydrogen-bond donors (Lipinski definition) is 0. The first-order chi connectivity index (χ1) is 6.59. The van der Waals surface area contributed by atoms with Crippen molar-refractivity contribution in [3.05, 3.63) is 47.7 Å². The van der Waals surface area contributed by atoms with Crippen molar-refractivity contribution in [1.82, 2.24) is 0 Å². The molecule has 0 amide bonds. The molecule has 0 saturated carbocycles. The van der Waals surface area contributed by atoms with Crippen LogP contribution in [0.3, 0.4) is 0 Å². The van der Waals surface area contributed by atoms with Crippen molar-refractivity contribution in [2.75, 3.05) is 0 Å². The van der Waals surface area contributed by atoms with Crippen LogP contribution in [-0.2, 0) is 4.43 Å². The molecule has 74 valence electrons. The molecule has 1 aromatic carbocycles. The third-order valence-electron chi connectivity index (χ3n) is 2.89. The third-order valence-corrected chi connectivity index (χ3v) is 5.67. The lowest BCUT2D eigenvalue weighted by Gasteiger charge is -2.17. The maximum Gasteiger partial charge on any atom is 0.214 e. The zero-order valence-electron chi connectivity index (χ0n) is 8.79. The molecule has 0 N–H and O–H groups in total.